The molecule has 15 heavy (non-hydrogen) atoms. The molecule has 0 aromatic carbocycles. The fraction of sp³-hybridized carbons (Fsp3) is 0.917. The van der Waals surface area contributed by atoms with Gasteiger partial charge in [-0.2, -0.15) is 5.26 Å². The standard InChI is InChI=1S/C12H24N2O/c1-11(2,3)15-9-7-6-8-12(4,10-13)14-5/h14H,6-9H2,1-5H3. The summed E-state index contributed by atoms with van der Waals surface area (Å²) in [5, 5.41) is 12.0. The Morgan fingerprint density at radius 3 is 2.20 bits per heavy atom. The van der Waals surface area contributed by atoms with Crippen LogP contribution in [-0.4, -0.2) is 24.8 Å². The highest BCUT2D eigenvalue weighted by Crippen LogP contribution is 2.13. The van der Waals surface area contributed by atoms with Crippen molar-refractivity contribution in [2.24, 2.45) is 0 Å². The van der Waals surface area contributed by atoms with E-state index < -0.39 is 0 Å². The SMILES string of the molecule is CNC(C)(C#N)CCCCOC(C)(C)C. The Balaban J connectivity index is 3.60. The van der Waals surface area contributed by atoms with Gasteiger partial charge in [0.15, 0.2) is 0 Å². The van der Waals surface area contributed by atoms with Gasteiger partial charge in [0.2, 0.25) is 0 Å². The molecule has 0 rings (SSSR count). The third-order valence-corrected chi connectivity index (χ3v) is 2.40. The van der Waals surface area contributed by atoms with E-state index in [4.69, 9.17) is 10.00 Å². The average Bonchev–Trinajstić information content (AvgIpc) is 2.15. The molecular weight excluding hydrogens is 188 g/mol. The highest BCUT2D eigenvalue weighted by Gasteiger charge is 2.20. The maximum Gasteiger partial charge on any atom is 0.103 e. The van der Waals surface area contributed by atoms with E-state index in [1.165, 1.54) is 0 Å². The van der Waals surface area contributed by atoms with Crippen LogP contribution in [-0.2, 0) is 4.74 Å². The predicted molar refractivity (Wildman–Crippen MR) is 62.6 cm³/mol. The number of hydrogen-bond acceptors (Lipinski definition) is 3. The minimum atomic E-state index is -0.387. The number of nitrogens with one attached hydrogen (secondary N) is 1. The van der Waals surface area contributed by atoms with Crippen molar-refractivity contribution >= 4 is 0 Å². The highest BCUT2D eigenvalue weighted by atomic mass is 16.5. The fourth-order valence-electron chi connectivity index (χ4n) is 1.20. The molecule has 0 aromatic rings. The van der Waals surface area contributed by atoms with Crippen LogP contribution >= 0.6 is 0 Å². The first kappa shape index (κ1) is 14.4. The minimum Gasteiger partial charge on any atom is -0.376 e. The van der Waals surface area contributed by atoms with Crippen molar-refractivity contribution in [3.8, 4) is 6.07 Å². The zero-order valence-corrected chi connectivity index (χ0v) is 10.7. The summed E-state index contributed by atoms with van der Waals surface area (Å²) in [7, 11) is 1.83. The van der Waals surface area contributed by atoms with Crippen LogP contribution in [0.15, 0.2) is 0 Å². The first-order valence-electron chi connectivity index (χ1n) is 5.57. The summed E-state index contributed by atoms with van der Waals surface area (Å²) >= 11 is 0. The lowest BCUT2D eigenvalue weighted by molar-refractivity contribution is -0.00501. The van der Waals surface area contributed by atoms with E-state index in [1.54, 1.807) is 0 Å². The molecule has 0 amide bonds. The molecule has 0 spiro atoms. The smallest absolute Gasteiger partial charge is 0.103 e. The van der Waals surface area contributed by atoms with E-state index in [0.717, 1.165) is 25.9 Å². The summed E-state index contributed by atoms with van der Waals surface area (Å²) in [6.07, 6.45) is 2.89. The Bertz CT molecular complexity index is 215. The quantitative estimate of drug-likeness (QED) is 0.688. The Hall–Kier alpha value is -0.590. The first-order valence-corrected chi connectivity index (χ1v) is 5.57. The summed E-state index contributed by atoms with van der Waals surface area (Å²) < 4.78 is 5.61. The van der Waals surface area contributed by atoms with Crippen molar-refractivity contribution in [1.29, 1.82) is 5.26 Å². The second-order valence-corrected chi connectivity index (χ2v) is 5.11. The number of nitrogens with zero attached hydrogens (tertiary/aromatic N) is 1. The van der Waals surface area contributed by atoms with Crippen LogP contribution < -0.4 is 5.32 Å². The first-order chi connectivity index (χ1) is 6.83. The molecule has 1 unspecified atom stereocenters. The number of unbranched alkanes of at least 4 members (excludes halogenated alkanes) is 1. The van der Waals surface area contributed by atoms with Crippen molar-refractivity contribution in [2.75, 3.05) is 13.7 Å². The molecule has 3 heteroatoms. The second-order valence-electron chi connectivity index (χ2n) is 5.11. The topological polar surface area (TPSA) is 45.0 Å². The van der Waals surface area contributed by atoms with Crippen molar-refractivity contribution in [2.45, 2.75) is 58.1 Å². The monoisotopic (exact) mass is 212 g/mol. The maximum absolute atomic E-state index is 8.93. The second kappa shape index (κ2) is 6.09. The molecule has 88 valence electrons. The van der Waals surface area contributed by atoms with Crippen molar-refractivity contribution in [1.82, 2.24) is 5.32 Å². The van der Waals surface area contributed by atoms with Crippen molar-refractivity contribution < 1.29 is 4.74 Å². The van der Waals surface area contributed by atoms with E-state index in [0.29, 0.717) is 0 Å². The van der Waals surface area contributed by atoms with Gasteiger partial charge in [-0.05, 0) is 54.0 Å². The zero-order chi connectivity index (χ0) is 11.9. The molecule has 0 aliphatic rings. The highest BCUT2D eigenvalue weighted by molar-refractivity contribution is 5.02. The Labute approximate surface area is 93.8 Å². The fourth-order valence-corrected chi connectivity index (χ4v) is 1.20. The molecule has 0 aliphatic carbocycles. The van der Waals surface area contributed by atoms with Crippen LogP contribution in [0.4, 0.5) is 0 Å². The van der Waals surface area contributed by atoms with E-state index in [2.05, 4.69) is 32.2 Å². The zero-order valence-electron chi connectivity index (χ0n) is 10.7. The Morgan fingerprint density at radius 2 is 1.80 bits per heavy atom. The lowest BCUT2D eigenvalue weighted by Crippen LogP contribution is -2.37. The van der Waals surface area contributed by atoms with Gasteiger partial charge in [-0.15, -0.1) is 0 Å². The molecule has 0 saturated heterocycles. The van der Waals surface area contributed by atoms with Gasteiger partial charge in [0, 0.05) is 6.61 Å². The van der Waals surface area contributed by atoms with Gasteiger partial charge in [-0.25, -0.2) is 0 Å². The third-order valence-electron chi connectivity index (χ3n) is 2.40. The number of hydrogen-bond donors (Lipinski definition) is 1. The molecule has 1 atom stereocenters. The van der Waals surface area contributed by atoms with E-state index in [1.807, 2.05) is 14.0 Å². The van der Waals surface area contributed by atoms with Crippen LogP contribution in [0, 0.1) is 11.3 Å². The third kappa shape index (κ3) is 7.35. The number of rotatable bonds is 6. The van der Waals surface area contributed by atoms with Gasteiger partial charge >= 0.3 is 0 Å². The summed E-state index contributed by atoms with van der Waals surface area (Å²) in [4.78, 5) is 0. The molecule has 1 N–H and O–H groups in total. The molecule has 0 bridgehead atoms. The van der Waals surface area contributed by atoms with Crippen LogP contribution in [0.3, 0.4) is 0 Å². The van der Waals surface area contributed by atoms with Crippen LogP contribution in [0.2, 0.25) is 0 Å². The average molecular weight is 212 g/mol. The lowest BCUT2D eigenvalue weighted by Gasteiger charge is -2.22. The van der Waals surface area contributed by atoms with Gasteiger partial charge in [0.1, 0.15) is 5.54 Å². The van der Waals surface area contributed by atoms with Gasteiger partial charge in [-0.3, -0.25) is 0 Å². The van der Waals surface area contributed by atoms with Crippen molar-refractivity contribution in [3.05, 3.63) is 0 Å². The van der Waals surface area contributed by atoms with Gasteiger partial charge < -0.3 is 10.1 Å². The number of ether oxygens (including phenoxy) is 1. The minimum absolute atomic E-state index is 0.0540. The summed E-state index contributed by atoms with van der Waals surface area (Å²) in [6.45, 7) is 8.87. The molecule has 0 aliphatic heterocycles. The molecular formula is C12H24N2O. The lowest BCUT2D eigenvalue weighted by atomic mass is 9.97. The van der Waals surface area contributed by atoms with Gasteiger partial charge in [0.05, 0.1) is 11.7 Å². The molecule has 0 aromatic heterocycles. The molecule has 0 fully saturated rings. The van der Waals surface area contributed by atoms with E-state index >= 15 is 0 Å². The van der Waals surface area contributed by atoms with Crippen LogP contribution in [0.5, 0.6) is 0 Å². The Morgan fingerprint density at radius 1 is 1.20 bits per heavy atom. The van der Waals surface area contributed by atoms with Crippen molar-refractivity contribution in [3.63, 3.8) is 0 Å². The predicted octanol–water partition coefficient (Wildman–Crippen LogP) is 2.47. The number of nitriles is 1. The summed E-state index contributed by atoms with van der Waals surface area (Å²) in [5.74, 6) is 0. The summed E-state index contributed by atoms with van der Waals surface area (Å²) in [5.41, 5.74) is -0.441. The van der Waals surface area contributed by atoms with Gasteiger partial charge in [-0.1, -0.05) is 0 Å². The molecule has 0 radical (unpaired) electrons. The Kier molecular flexibility index (Phi) is 5.85. The normalized spacial score (nSPS) is 15.7. The van der Waals surface area contributed by atoms with E-state index in [-0.39, 0.29) is 11.1 Å². The maximum atomic E-state index is 8.93. The van der Waals surface area contributed by atoms with Crippen LogP contribution in [0.25, 0.3) is 0 Å². The molecule has 3 nitrogen and oxygen atoms in total. The summed E-state index contributed by atoms with van der Waals surface area (Å²) in [6, 6.07) is 2.28. The largest absolute Gasteiger partial charge is 0.376 e. The van der Waals surface area contributed by atoms with E-state index in [9.17, 15) is 0 Å². The van der Waals surface area contributed by atoms with Gasteiger partial charge in [0.25, 0.3) is 0 Å². The molecule has 0 saturated carbocycles. The molecule has 0 heterocycles. The van der Waals surface area contributed by atoms with Crippen LogP contribution in [0.1, 0.15) is 47.0 Å².